The van der Waals surface area contributed by atoms with Crippen molar-refractivity contribution in [2.24, 2.45) is 70.5 Å². The average Bonchev–Trinajstić information content (AvgIpc) is 1.68. The molecule has 16 amide bonds. The smallest absolute Gasteiger partial charge is 0.291 e. The lowest BCUT2D eigenvalue weighted by molar-refractivity contribution is -0.121. The Morgan fingerprint density at radius 2 is 0.558 bits per heavy atom. The van der Waals surface area contributed by atoms with Gasteiger partial charge in [0.2, 0.25) is 41.2 Å². The standard InChI is InChI=1S/C83H100N30O16/c1-46(114)90-65-44-112(12)71(101-65)82(128)98-55-34-64(111(11)43-55)81(127)96-52-31-59(106(6)40-52)76(122)88-24-19-70(118)100-66-45-113(13)72(102-66)83(129)99-54-33-62(110(10)42-54)77(123)93-47-26-56(89-35-47)73(119)85-20-14-16-68(116)91-48-27-60(107(7)36-48)79(125)97-53-32-63(109(9)41-53)80(126)95-51-30-58(105(5)39-51)75(121)87-23-18-69(117)92-49-28-61(108(8)37-49)78(124)94-50-29-57(104(4)38-50)74(120)86-22-17-67(115)84-21-15-25-103(2)3/h26-45,89H,14-25H2,1-13H3,(H,84,115)(H,85,119)(H,86,120)(H,87,121)(H,88,122)(H,90,114)(H,91,116)(H,92,117)(H,93,123)(H,94,124)(H,95,126)(H,96,127)(H,97,125)(H,98,128)(H,99,129)(H,100,118). The Bertz CT molecular complexity index is 6190. The van der Waals surface area contributed by atoms with Crippen LogP contribution in [0.5, 0.6) is 0 Å². The Kier molecular flexibility index (Phi) is 29.8. The first-order chi connectivity index (χ1) is 61.3. The molecule has 46 heteroatoms. The maximum absolute atomic E-state index is 13.6. The molecule has 11 heterocycles. The number of H-pyrrole nitrogens is 1. The number of hydrogen-bond donors (Lipinski definition) is 17. The third-order valence-corrected chi connectivity index (χ3v) is 19.8. The monoisotopic (exact) mass is 1770 g/mol. The van der Waals surface area contributed by atoms with Crippen molar-refractivity contribution in [2.75, 3.05) is 112 Å². The minimum absolute atomic E-state index is 0.0144. The average molecular weight is 1770 g/mol. The zero-order valence-electron chi connectivity index (χ0n) is 72.9. The second-order valence-corrected chi connectivity index (χ2v) is 30.6. The number of rotatable bonds is 39. The SMILES string of the molecule is CC(=O)Nc1cn(C)c(C(=O)Nc2cc(C(=O)Nc3cc(C(=O)NCCC(=O)Nc4cn(C)c(C(=O)Nc5cc(C(=O)Nc6c[nH]c(C(=O)NCCCC(=O)Nc7cc(C(=O)Nc8cc(C(=O)Nc9cc(C(=O)NCCC(=O)Nc%10cc(C(=O)Nc%11cc(C(=O)NCCC(=O)NCCCN(C)C)n(C)c%11)n(C)c%10)n(C)c9)n(C)c8)n(C)c7)c6)n(C)c5)n4)n(C)c3)n(C)c2)n1. The van der Waals surface area contributed by atoms with Crippen molar-refractivity contribution in [3.05, 3.63) is 186 Å². The summed E-state index contributed by atoms with van der Waals surface area (Å²) in [5.41, 5.74) is 4.08. The quantitative estimate of drug-likeness (QED) is 0.0244. The summed E-state index contributed by atoms with van der Waals surface area (Å²) in [5, 5.41) is 43.4. The largest absolute Gasteiger partial charge is 0.356 e. The van der Waals surface area contributed by atoms with Crippen LogP contribution in [0.4, 0.5) is 62.8 Å². The van der Waals surface area contributed by atoms with Gasteiger partial charge in [-0.05, 0) is 88.1 Å². The zero-order valence-corrected chi connectivity index (χ0v) is 72.9. The van der Waals surface area contributed by atoms with E-state index in [1.807, 2.05) is 19.0 Å². The summed E-state index contributed by atoms with van der Waals surface area (Å²) >= 11 is 0. The maximum atomic E-state index is 13.6. The van der Waals surface area contributed by atoms with Gasteiger partial charge < -0.3 is 141 Å². The summed E-state index contributed by atoms with van der Waals surface area (Å²) in [6.45, 7) is 2.73. The summed E-state index contributed by atoms with van der Waals surface area (Å²) < 4.78 is 14.8. The Morgan fingerprint density at radius 3 is 0.899 bits per heavy atom. The van der Waals surface area contributed by atoms with Gasteiger partial charge in [-0.1, -0.05) is 0 Å². The molecule has 0 aromatic carbocycles. The highest BCUT2D eigenvalue weighted by atomic mass is 16.2. The molecule has 0 aliphatic carbocycles. The molecule has 11 rings (SSSR count). The zero-order chi connectivity index (χ0) is 93.4. The van der Waals surface area contributed by atoms with Gasteiger partial charge >= 0.3 is 0 Å². The molecule has 46 nitrogen and oxygen atoms in total. The van der Waals surface area contributed by atoms with Crippen molar-refractivity contribution in [1.29, 1.82) is 0 Å². The van der Waals surface area contributed by atoms with Crippen LogP contribution in [0.15, 0.2) is 123 Å². The van der Waals surface area contributed by atoms with Crippen LogP contribution in [-0.4, -0.2) is 213 Å². The molecule has 0 spiro atoms. The van der Waals surface area contributed by atoms with Crippen LogP contribution in [0.3, 0.4) is 0 Å². The van der Waals surface area contributed by atoms with E-state index in [0.717, 1.165) is 13.0 Å². The van der Waals surface area contributed by atoms with Crippen molar-refractivity contribution in [3.8, 4) is 0 Å². The van der Waals surface area contributed by atoms with E-state index in [9.17, 15) is 76.7 Å². The third-order valence-electron chi connectivity index (χ3n) is 19.8. The molecule has 0 atom stereocenters. The van der Waals surface area contributed by atoms with Gasteiger partial charge in [0.25, 0.3) is 65.0 Å². The van der Waals surface area contributed by atoms with Crippen LogP contribution in [0.1, 0.15) is 161 Å². The molecule has 17 N–H and O–H groups in total. The van der Waals surface area contributed by atoms with E-state index in [4.69, 9.17) is 0 Å². The number of aryl methyl sites for hydroxylation is 10. The Morgan fingerprint density at radius 1 is 0.279 bits per heavy atom. The highest BCUT2D eigenvalue weighted by molar-refractivity contribution is 6.11. The fourth-order valence-electron chi connectivity index (χ4n) is 13.5. The fraction of sp³-hybridized carbons (Fsp3) is 0.301. The fourth-order valence-corrected chi connectivity index (χ4v) is 13.5. The van der Waals surface area contributed by atoms with Crippen molar-refractivity contribution in [3.63, 3.8) is 0 Å². The lowest BCUT2D eigenvalue weighted by atomic mass is 10.2. The first-order valence-electron chi connectivity index (χ1n) is 40.3. The summed E-state index contributed by atoms with van der Waals surface area (Å²) in [6.07, 6.45) is 17.3. The molecule has 0 aliphatic rings. The Labute approximate surface area is 736 Å². The van der Waals surface area contributed by atoms with Crippen LogP contribution in [0.2, 0.25) is 0 Å². The normalized spacial score (nSPS) is 11.0. The summed E-state index contributed by atoms with van der Waals surface area (Å²) in [7, 11) is 19.9. The van der Waals surface area contributed by atoms with Crippen molar-refractivity contribution in [2.45, 2.75) is 45.4 Å². The summed E-state index contributed by atoms with van der Waals surface area (Å²) in [4.78, 5) is 222. The lowest BCUT2D eigenvalue weighted by Crippen LogP contribution is -2.32. The van der Waals surface area contributed by atoms with Gasteiger partial charge in [-0.25, -0.2) is 9.97 Å². The predicted molar refractivity (Wildman–Crippen MR) is 475 cm³/mol. The molecule has 0 saturated carbocycles. The van der Waals surface area contributed by atoms with E-state index in [2.05, 4.69) is 100 Å². The van der Waals surface area contributed by atoms with Gasteiger partial charge in [-0.2, -0.15) is 0 Å². The number of imidazole rings is 2. The number of anilines is 11. The van der Waals surface area contributed by atoms with Crippen LogP contribution in [0.25, 0.3) is 0 Å². The molecule has 0 bridgehead atoms. The molecular weight excluding hydrogens is 1670 g/mol. The molecule has 129 heavy (non-hydrogen) atoms. The van der Waals surface area contributed by atoms with Crippen LogP contribution < -0.4 is 85.1 Å². The van der Waals surface area contributed by atoms with Gasteiger partial charge in [0, 0.05) is 204 Å². The van der Waals surface area contributed by atoms with E-state index >= 15 is 0 Å². The molecular formula is C83H100N30O16. The number of carbonyl (C=O) groups excluding carboxylic acids is 16. The number of hydrogen-bond acceptors (Lipinski definition) is 19. The summed E-state index contributed by atoms with van der Waals surface area (Å²) in [6, 6.07) is 13.1. The Hall–Kier alpha value is -16.6. The Balaban J connectivity index is 0.548. The maximum Gasteiger partial charge on any atom is 0.291 e. The number of carbonyl (C=O) groups is 16. The number of aromatic amines is 1. The van der Waals surface area contributed by atoms with Crippen LogP contribution >= 0.6 is 0 Å². The molecule has 0 radical (unpaired) electrons. The number of aromatic nitrogens is 13. The first-order valence-corrected chi connectivity index (χ1v) is 40.3. The molecule has 0 unspecified atom stereocenters. The van der Waals surface area contributed by atoms with Gasteiger partial charge in [0.15, 0.2) is 11.6 Å². The van der Waals surface area contributed by atoms with E-state index in [-0.39, 0.29) is 173 Å². The topological polar surface area (TPSA) is 560 Å². The molecule has 11 aromatic rings. The molecule has 11 aromatic heterocycles. The van der Waals surface area contributed by atoms with E-state index in [0.29, 0.717) is 29.3 Å². The third kappa shape index (κ3) is 24.7. The van der Waals surface area contributed by atoms with E-state index in [1.54, 1.807) is 86.6 Å². The van der Waals surface area contributed by atoms with Gasteiger partial charge in [0.1, 0.15) is 51.2 Å². The second kappa shape index (κ2) is 41.3. The molecule has 0 saturated heterocycles. The molecule has 0 fully saturated rings. The van der Waals surface area contributed by atoms with Gasteiger partial charge in [-0.15, -0.1) is 0 Å². The van der Waals surface area contributed by atoms with Crippen LogP contribution in [0, 0.1) is 0 Å². The van der Waals surface area contributed by atoms with Crippen molar-refractivity contribution in [1.82, 2.24) is 92.1 Å². The first kappa shape index (κ1) is 93.1. The second-order valence-electron chi connectivity index (χ2n) is 30.6. The van der Waals surface area contributed by atoms with Crippen molar-refractivity contribution >= 4 is 157 Å². The summed E-state index contributed by atoms with van der Waals surface area (Å²) in [5.74, 6) is -7.84. The minimum Gasteiger partial charge on any atom is -0.356 e. The molecule has 0 aliphatic heterocycles. The van der Waals surface area contributed by atoms with Crippen molar-refractivity contribution < 1.29 is 76.7 Å². The highest BCUT2D eigenvalue weighted by Crippen LogP contribution is 2.26. The van der Waals surface area contributed by atoms with E-state index < -0.39 is 82.7 Å². The molecule has 678 valence electrons. The van der Waals surface area contributed by atoms with Gasteiger partial charge in [-0.3, -0.25) is 76.7 Å². The van der Waals surface area contributed by atoms with E-state index in [1.165, 1.54) is 159 Å². The minimum atomic E-state index is -0.677. The highest BCUT2D eigenvalue weighted by Gasteiger charge is 2.27. The van der Waals surface area contributed by atoms with Crippen LogP contribution in [-0.2, 0) is 94.4 Å². The predicted octanol–water partition coefficient (Wildman–Crippen LogP) is 3.77. The van der Waals surface area contributed by atoms with Gasteiger partial charge in [0.05, 0.1) is 51.2 Å². The number of nitrogens with one attached hydrogen (secondary N) is 17. The number of amides is 16. The number of nitrogens with zero attached hydrogens (tertiary/aromatic N) is 13. The lowest BCUT2D eigenvalue weighted by Gasteiger charge is -2.10.